The molecule has 0 bridgehead atoms. The van der Waals surface area contributed by atoms with Crippen molar-refractivity contribution in [3.63, 3.8) is 0 Å². The molecule has 0 aromatic heterocycles. The largest absolute Gasteiger partial charge is 0.370 e. The van der Waals surface area contributed by atoms with Crippen molar-refractivity contribution >= 4 is 35.6 Å². The molecule has 0 saturated carbocycles. The summed E-state index contributed by atoms with van der Waals surface area (Å²) in [6, 6.07) is 13.8. The fourth-order valence-electron chi connectivity index (χ4n) is 1.85. The third-order valence-corrected chi connectivity index (χ3v) is 2.89. The highest BCUT2D eigenvalue weighted by molar-refractivity contribution is 14.0. The first-order chi connectivity index (χ1) is 10.1. The molecule has 0 aliphatic heterocycles. The second-order valence-electron chi connectivity index (χ2n) is 4.61. The molecule has 0 amide bonds. The average molecular weight is 410 g/mol. The SMILES string of the molecule is Cc1cccc(NC(N)=NCc2cc(C#N)ccc2F)c1.I. The number of guanidine groups is 1. The van der Waals surface area contributed by atoms with Gasteiger partial charge in [0.1, 0.15) is 5.82 Å². The number of aryl methyl sites for hydroxylation is 1. The summed E-state index contributed by atoms with van der Waals surface area (Å²) in [5.74, 6) is -0.205. The van der Waals surface area contributed by atoms with Gasteiger partial charge < -0.3 is 11.1 Å². The molecule has 6 heteroatoms. The van der Waals surface area contributed by atoms with E-state index in [0.717, 1.165) is 11.3 Å². The minimum Gasteiger partial charge on any atom is -0.370 e. The van der Waals surface area contributed by atoms with Gasteiger partial charge in [0.25, 0.3) is 0 Å². The van der Waals surface area contributed by atoms with E-state index < -0.39 is 5.82 Å². The molecule has 4 nitrogen and oxygen atoms in total. The minimum absolute atomic E-state index is 0. The van der Waals surface area contributed by atoms with Gasteiger partial charge in [0.05, 0.1) is 18.2 Å². The van der Waals surface area contributed by atoms with Crippen LogP contribution in [0.25, 0.3) is 0 Å². The summed E-state index contributed by atoms with van der Waals surface area (Å²) in [5, 5.41) is 11.7. The van der Waals surface area contributed by atoms with Crippen LogP contribution in [0.3, 0.4) is 0 Å². The number of nitrogens with one attached hydrogen (secondary N) is 1. The zero-order valence-electron chi connectivity index (χ0n) is 12.0. The van der Waals surface area contributed by atoms with Gasteiger partial charge in [-0.1, -0.05) is 12.1 Å². The van der Waals surface area contributed by atoms with E-state index in [1.165, 1.54) is 18.2 Å². The van der Waals surface area contributed by atoms with Crippen molar-refractivity contribution in [2.45, 2.75) is 13.5 Å². The normalized spacial score (nSPS) is 10.5. The lowest BCUT2D eigenvalue weighted by molar-refractivity contribution is 0.610. The summed E-state index contributed by atoms with van der Waals surface area (Å²) in [5.41, 5.74) is 8.43. The molecule has 0 saturated heterocycles. The van der Waals surface area contributed by atoms with Gasteiger partial charge in [0.15, 0.2) is 5.96 Å². The maximum Gasteiger partial charge on any atom is 0.193 e. The molecule has 0 aliphatic rings. The summed E-state index contributed by atoms with van der Waals surface area (Å²) in [7, 11) is 0. The predicted molar refractivity (Wildman–Crippen MR) is 96.7 cm³/mol. The highest BCUT2D eigenvalue weighted by Gasteiger charge is 2.03. The smallest absolute Gasteiger partial charge is 0.193 e. The molecule has 22 heavy (non-hydrogen) atoms. The van der Waals surface area contributed by atoms with Crippen molar-refractivity contribution in [1.29, 1.82) is 5.26 Å². The third kappa shape index (κ3) is 5.00. The van der Waals surface area contributed by atoms with Crippen LogP contribution in [0.4, 0.5) is 10.1 Å². The first kappa shape index (κ1) is 17.9. The van der Waals surface area contributed by atoms with Crippen LogP contribution in [0, 0.1) is 24.1 Å². The van der Waals surface area contributed by atoms with Gasteiger partial charge in [-0.15, -0.1) is 24.0 Å². The zero-order chi connectivity index (χ0) is 15.2. The number of benzene rings is 2. The lowest BCUT2D eigenvalue weighted by atomic mass is 10.1. The molecule has 0 fully saturated rings. The number of rotatable bonds is 3. The Bertz CT molecular complexity index is 722. The Kier molecular flexibility index (Phi) is 6.79. The third-order valence-electron chi connectivity index (χ3n) is 2.89. The Morgan fingerprint density at radius 2 is 2.09 bits per heavy atom. The summed E-state index contributed by atoms with van der Waals surface area (Å²) < 4.78 is 13.6. The van der Waals surface area contributed by atoms with Gasteiger partial charge in [-0.05, 0) is 42.8 Å². The lowest BCUT2D eigenvalue weighted by Gasteiger charge is -2.07. The number of halogens is 2. The fourth-order valence-corrected chi connectivity index (χ4v) is 1.85. The molecule has 0 heterocycles. The maximum atomic E-state index is 13.6. The zero-order valence-corrected chi connectivity index (χ0v) is 14.3. The highest BCUT2D eigenvalue weighted by Crippen LogP contribution is 2.12. The molecular weight excluding hydrogens is 394 g/mol. The van der Waals surface area contributed by atoms with Crippen molar-refractivity contribution in [3.05, 3.63) is 65.0 Å². The summed E-state index contributed by atoms with van der Waals surface area (Å²) in [4.78, 5) is 4.09. The second-order valence-corrected chi connectivity index (χ2v) is 4.61. The van der Waals surface area contributed by atoms with Crippen LogP contribution in [0.5, 0.6) is 0 Å². The molecule has 0 atom stereocenters. The predicted octanol–water partition coefficient (Wildman–Crippen LogP) is 3.55. The Labute approximate surface area is 145 Å². The van der Waals surface area contributed by atoms with Crippen LogP contribution >= 0.6 is 24.0 Å². The fraction of sp³-hybridized carbons (Fsp3) is 0.125. The van der Waals surface area contributed by atoms with Gasteiger partial charge in [0.2, 0.25) is 0 Å². The van der Waals surface area contributed by atoms with Crippen LogP contribution in [0.1, 0.15) is 16.7 Å². The molecule has 2 rings (SSSR count). The van der Waals surface area contributed by atoms with Crippen molar-refractivity contribution in [2.24, 2.45) is 10.7 Å². The lowest BCUT2D eigenvalue weighted by Crippen LogP contribution is -2.22. The van der Waals surface area contributed by atoms with Crippen LogP contribution in [-0.4, -0.2) is 5.96 Å². The van der Waals surface area contributed by atoms with Crippen LogP contribution in [-0.2, 0) is 6.54 Å². The van der Waals surface area contributed by atoms with Crippen LogP contribution in [0.15, 0.2) is 47.5 Å². The van der Waals surface area contributed by atoms with Crippen molar-refractivity contribution in [3.8, 4) is 6.07 Å². The highest BCUT2D eigenvalue weighted by atomic mass is 127. The maximum absolute atomic E-state index is 13.6. The average Bonchev–Trinajstić information content (AvgIpc) is 2.46. The van der Waals surface area contributed by atoms with E-state index in [4.69, 9.17) is 11.0 Å². The standard InChI is InChI=1S/C16H15FN4.HI/c1-11-3-2-4-14(7-11)21-16(19)20-10-13-8-12(9-18)5-6-15(13)17;/h2-8H,10H2,1H3,(H3,19,20,21);1H. The first-order valence-corrected chi connectivity index (χ1v) is 6.40. The van der Waals surface area contributed by atoms with Crippen LogP contribution in [0.2, 0.25) is 0 Å². The molecule has 0 spiro atoms. The molecule has 3 N–H and O–H groups in total. The molecule has 0 radical (unpaired) electrons. The Hall–Kier alpha value is -2.14. The monoisotopic (exact) mass is 410 g/mol. The quantitative estimate of drug-likeness (QED) is 0.462. The molecule has 0 unspecified atom stereocenters. The van der Waals surface area contributed by atoms with Crippen molar-refractivity contribution < 1.29 is 4.39 Å². The molecule has 2 aromatic rings. The van der Waals surface area contributed by atoms with E-state index in [0.29, 0.717) is 11.1 Å². The van der Waals surface area contributed by atoms with E-state index in [1.807, 2.05) is 37.3 Å². The van der Waals surface area contributed by atoms with Gasteiger partial charge in [-0.25, -0.2) is 9.38 Å². The number of aliphatic imine (C=N–C) groups is 1. The second kappa shape index (κ2) is 8.34. The van der Waals surface area contributed by atoms with E-state index in [9.17, 15) is 4.39 Å². The van der Waals surface area contributed by atoms with Gasteiger partial charge in [-0.2, -0.15) is 5.26 Å². The van der Waals surface area contributed by atoms with Gasteiger partial charge in [0, 0.05) is 11.3 Å². The molecule has 114 valence electrons. The number of anilines is 1. The number of nitrogens with zero attached hydrogens (tertiary/aromatic N) is 2. The molecular formula is C16H16FIN4. The van der Waals surface area contributed by atoms with E-state index in [1.54, 1.807) is 0 Å². The van der Waals surface area contributed by atoms with E-state index in [2.05, 4.69) is 10.3 Å². The van der Waals surface area contributed by atoms with Gasteiger partial charge in [-0.3, -0.25) is 0 Å². The van der Waals surface area contributed by atoms with E-state index >= 15 is 0 Å². The topological polar surface area (TPSA) is 74.2 Å². The number of hydrogen-bond acceptors (Lipinski definition) is 2. The number of nitriles is 1. The molecule has 0 aliphatic carbocycles. The summed E-state index contributed by atoms with van der Waals surface area (Å²) in [6.07, 6.45) is 0. The van der Waals surface area contributed by atoms with Gasteiger partial charge >= 0.3 is 0 Å². The first-order valence-electron chi connectivity index (χ1n) is 6.40. The van der Waals surface area contributed by atoms with Crippen molar-refractivity contribution in [2.75, 3.05) is 5.32 Å². The van der Waals surface area contributed by atoms with Crippen molar-refractivity contribution in [1.82, 2.24) is 0 Å². The Morgan fingerprint density at radius 3 is 2.77 bits per heavy atom. The molecule has 2 aromatic carbocycles. The number of nitrogens with two attached hydrogens (primary N) is 1. The summed E-state index contributed by atoms with van der Waals surface area (Å²) >= 11 is 0. The number of hydrogen-bond donors (Lipinski definition) is 2. The van der Waals surface area contributed by atoms with E-state index in [-0.39, 0.29) is 36.5 Å². The van der Waals surface area contributed by atoms with Crippen LogP contribution < -0.4 is 11.1 Å². The summed E-state index contributed by atoms with van der Waals surface area (Å²) in [6.45, 7) is 2.05. The minimum atomic E-state index is -0.402. The Balaban J connectivity index is 0.00000242. The Morgan fingerprint density at radius 1 is 1.32 bits per heavy atom.